The minimum Gasteiger partial charge on any atom is -0.481 e. The average Bonchev–Trinajstić information content (AvgIpc) is 3.19. The Morgan fingerprint density at radius 2 is 2.13 bits per heavy atom. The molecule has 4 rings (SSSR count). The van der Waals surface area contributed by atoms with Gasteiger partial charge in [-0.25, -0.2) is 13.9 Å². The number of ether oxygens (including phenoxy) is 2. The first kappa shape index (κ1) is 20.1. The van der Waals surface area contributed by atoms with Gasteiger partial charge in [-0.15, -0.1) is 0 Å². The minimum absolute atomic E-state index is 0.00561. The summed E-state index contributed by atoms with van der Waals surface area (Å²) in [5.74, 6) is -0.669. The second-order valence-electron chi connectivity index (χ2n) is 7.32. The molecule has 0 spiro atoms. The van der Waals surface area contributed by atoms with Gasteiger partial charge in [0.05, 0.1) is 11.7 Å². The van der Waals surface area contributed by atoms with Crippen LogP contribution in [0.15, 0.2) is 41.2 Å². The molecule has 0 aliphatic carbocycles. The van der Waals surface area contributed by atoms with Crippen molar-refractivity contribution < 1.29 is 18.7 Å². The molecule has 1 amide bonds. The molecule has 3 aromatic rings. The number of amides is 1. The Balaban J connectivity index is 1.44. The number of benzene rings is 1. The monoisotopic (exact) mass is 414 g/mol. The number of carbonyl (C=O) groups is 1. The molecule has 0 bridgehead atoms. The van der Waals surface area contributed by atoms with Crippen molar-refractivity contribution in [2.75, 3.05) is 19.8 Å². The fraction of sp³-hybridized carbons (Fsp3) is 0.381. The van der Waals surface area contributed by atoms with Gasteiger partial charge in [0.25, 0.3) is 11.5 Å². The van der Waals surface area contributed by atoms with E-state index in [4.69, 9.17) is 9.47 Å². The van der Waals surface area contributed by atoms with E-state index in [0.29, 0.717) is 30.5 Å². The van der Waals surface area contributed by atoms with Crippen LogP contribution in [-0.2, 0) is 9.53 Å². The molecular formula is C21H23FN4O4. The molecule has 1 aromatic carbocycles. The highest BCUT2D eigenvalue weighted by Gasteiger charge is 2.20. The molecule has 30 heavy (non-hydrogen) atoms. The first-order valence-corrected chi connectivity index (χ1v) is 9.88. The van der Waals surface area contributed by atoms with E-state index in [1.54, 1.807) is 19.1 Å². The minimum atomic E-state index is -0.536. The van der Waals surface area contributed by atoms with Gasteiger partial charge in [-0.05, 0) is 31.9 Å². The second-order valence-corrected chi connectivity index (χ2v) is 7.32. The van der Waals surface area contributed by atoms with E-state index in [1.165, 1.54) is 22.7 Å². The maximum absolute atomic E-state index is 13.6. The van der Waals surface area contributed by atoms with Crippen molar-refractivity contribution >= 4 is 11.6 Å². The van der Waals surface area contributed by atoms with Crippen LogP contribution in [0.4, 0.5) is 4.39 Å². The van der Waals surface area contributed by atoms with Crippen molar-refractivity contribution in [2.45, 2.75) is 31.7 Å². The number of hydrogen-bond acceptors (Lipinski definition) is 5. The van der Waals surface area contributed by atoms with E-state index < -0.39 is 17.8 Å². The molecule has 1 aliphatic rings. The van der Waals surface area contributed by atoms with E-state index in [0.717, 1.165) is 18.5 Å². The number of H-pyrrole nitrogens is 1. The van der Waals surface area contributed by atoms with Gasteiger partial charge in [-0.1, -0.05) is 12.1 Å². The van der Waals surface area contributed by atoms with Gasteiger partial charge in [-0.3, -0.25) is 14.7 Å². The van der Waals surface area contributed by atoms with E-state index >= 15 is 0 Å². The lowest BCUT2D eigenvalue weighted by molar-refractivity contribution is -0.123. The molecule has 1 saturated heterocycles. The zero-order valence-corrected chi connectivity index (χ0v) is 16.6. The molecule has 1 aliphatic heterocycles. The van der Waals surface area contributed by atoms with Gasteiger partial charge in [0.2, 0.25) is 0 Å². The number of aromatic amines is 1. The third-order valence-corrected chi connectivity index (χ3v) is 5.17. The van der Waals surface area contributed by atoms with Crippen LogP contribution >= 0.6 is 0 Å². The molecular weight excluding hydrogens is 391 g/mol. The van der Waals surface area contributed by atoms with E-state index in [1.807, 2.05) is 6.07 Å². The van der Waals surface area contributed by atoms with Crippen LogP contribution in [0, 0.1) is 5.82 Å². The van der Waals surface area contributed by atoms with Crippen molar-refractivity contribution in [3.8, 4) is 5.75 Å². The van der Waals surface area contributed by atoms with Crippen molar-refractivity contribution in [1.82, 2.24) is 19.9 Å². The van der Waals surface area contributed by atoms with Gasteiger partial charge < -0.3 is 14.8 Å². The molecule has 1 fully saturated rings. The Kier molecular flexibility index (Phi) is 5.80. The lowest BCUT2D eigenvalue weighted by Crippen LogP contribution is -2.32. The number of halogens is 1. The molecule has 0 unspecified atom stereocenters. The van der Waals surface area contributed by atoms with Crippen molar-refractivity contribution in [3.63, 3.8) is 0 Å². The van der Waals surface area contributed by atoms with E-state index in [2.05, 4.69) is 15.4 Å². The number of para-hydroxylation sites is 1. The molecule has 2 aromatic heterocycles. The summed E-state index contributed by atoms with van der Waals surface area (Å²) in [4.78, 5) is 29.2. The zero-order valence-electron chi connectivity index (χ0n) is 16.6. The van der Waals surface area contributed by atoms with Crippen LogP contribution in [0.3, 0.4) is 0 Å². The summed E-state index contributed by atoms with van der Waals surface area (Å²) in [7, 11) is 0. The van der Waals surface area contributed by atoms with Gasteiger partial charge in [0.1, 0.15) is 0 Å². The lowest BCUT2D eigenvalue weighted by Gasteiger charge is -2.20. The Morgan fingerprint density at radius 1 is 1.37 bits per heavy atom. The fourth-order valence-electron chi connectivity index (χ4n) is 3.53. The number of hydrogen-bond donors (Lipinski definition) is 2. The highest BCUT2D eigenvalue weighted by molar-refractivity contribution is 5.78. The van der Waals surface area contributed by atoms with Crippen LogP contribution in [0.2, 0.25) is 0 Å². The molecule has 9 heteroatoms. The van der Waals surface area contributed by atoms with Crippen molar-refractivity contribution in [2.24, 2.45) is 0 Å². The maximum atomic E-state index is 13.6. The summed E-state index contributed by atoms with van der Waals surface area (Å²) in [6.07, 6.45) is 1.78. The van der Waals surface area contributed by atoms with Crippen molar-refractivity contribution in [3.05, 3.63) is 64.0 Å². The van der Waals surface area contributed by atoms with Crippen LogP contribution < -0.4 is 15.6 Å². The standard InChI is InChI=1S/C21H23FN4O4/c1-13(23-20(27)12-30-18-5-3-2-4-15(18)22)16-11-21(28)26-19(24-16)10-17(25-26)14-6-8-29-9-7-14/h2-5,10-11,13-14,25H,6-9,12H2,1H3,(H,23,27)/t13-/m0/s1. The van der Waals surface area contributed by atoms with E-state index in [-0.39, 0.29) is 17.9 Å². The first-order valence-electron chi connectivity index (χ1n) is 9.88. The SMILES string of the molecule is C[C@H](NC(=O)COc1ccccc1F)c1cc(=O)n2[nH]c(C3CCOCC3)cc2n1. The number of carbonyl (C=O) groups excluding carboxylic acids is 1. The summed E-state index contributed by atoms with van der Waals surface area (Å²) < 4.78 is 25.6. The Labute approximate surface area is 172 Å². The molecule has 0 radical (unpaired) electrons. The van der Waals surface area contributed by atoms with Crippen LogP contribution in [-0.4, -0.2) is 40.3 Å². The highest BCUT2D eigenvalue weighted by Crippen LogP contribution is 2.26. The molecule has 1 atom stereocenters. The summed E-state index contributed by atoms with van der Waals surface area (Å²) in [6.45, 7) is 2.78. The molecule has 3 heterocycles. The average molecular weight is 414 g/mol. The predicted octanol–water partition coefficient (Wildman–Crippen LogP) is 2.31. The fourth-order valence-corrected chi connectivity index (χ4v) is 3.53. The molecule has 158 valence electrons. The zero-order chi connectivity index (χ0) is 21.1. The lowest BCUT2D eigenvalue weighted by atomic mass is 9.97. The van der Waals surface area contributed by atoms with Crippen LogP contribution in [0.25, 0.3) is 5.65 Å². The molecule has 8 nitrogen and oxygen atoms in total. The highest BCUT2D eigenvalue weighted by atomic mass is 19.1. The normalized spacial score (nSPS) is 15.8. The van der Waals surface area contributed by atoms with E-state index in [9.17, 15) is 14.0 Å². The summed E-state index contributed by atoms with van der Waals surface area (Å²) in [5, 5.41) is 5.85. The number of nitrogens with one attached hydrogen (secondary N) is 2. The van der Waals surface area contributed by atoms with Gasteiger partial charge in [-0.2, -0.15) is 0 Å². The Morgan fingerprint density at radius 3 is 2.90 bits per heavy atom. The molecule has 0 saturated carbocycles. The Hall–Kier alpha value is -3.20. The summed E-state index contributed by atoms with van der Waals surface area (Å²) in [6, 6.07) is 8.62. The van der Waals surface area contributed by atoms with Gasteiger partial charge >= 0.3 is 0 Å². The van der Waals surface area contributed by atoms with Crippen LogP contribution in [0.5, 0.6) is 5.75 Å². The number of rotatable bonds is 6. The second kappa shape index (κ2) is 8.66. The summed E-state index contributed by atoms with van der Waals surface area (Å²) >= 11 is 0. The van der Waals surface area contributed by atoms with Crippen LogP contribution in [0.1, 0.15) is 43.1 Å². The Bertz CT molecular complexity index is 1100. The van der Waals surface area contributed by atoms with Crippen molar-refractivity contribution in [1.29, 1.82) is 0 Å². The van der Waals surface area contributed by atoms with Gasteiger partial charge in [0, 0.05) is 37.0 Å². The predicted molar refractivity (Wildman–Crippen MR) is 107 cm³/mol. The number of nitrogens with zero attached hydrogens (tertiary/aromatic N) is 2. The largest absolute Gasteiger partial charge is 0.481 e. The topological polar surface area (TPSA) is 97.7 Å². The smallest absolute Gasteiger partial charge is 0.272 e. The first-order chi connectivity index (χ1) is 14.5. The summed E-state index contributed by atoms with van der Waals surface area (Å²) in [5.41, 5.74) is 1.64. The van der Waals surface area contributed by atoms with Gasteiger partial charge in [0.15, 0.2) is 23.8 Å². The quantitative estimate of drug-likeness (QED) is 0.645. The number of fused-ring (bicyclic) bond motifs is 1. The third kappa shape index (κ3) is 4.35. The molecule has 2 N–H and O–H groups in total. The third-order valence-electron chi connectivity index (χ3n) is 5.17. The number of aromatic nitrogens is 3. The maximum Gasteiger partial charge on any atom is 0.272 e.